The first-order valence-electron chi connectivity index (χ1n) is 8.25. The van der Waals surface area contributed by atoms with Crippen molar-refractivity contribution in [1.29, 1.82) is 0 Å². The minimum Gasteiger partial charge on any atom is -0.341 e. The normalized spacial score (nSPS) is 17.8. The van der Waals surface area contributed by atoms with Gasteiger partial charge in [0.25, 0.3) is 0 Å². The van der Waals surface area contributed by atoms with Gasteiger partial charge in [-0.05, 0) is 48.9 Å². The van der Waals surface area contributed by atoms with Crippen LogP contribution in [0, 0.1) is 17.5 Å². The second kappa shape index (κ2) is 8.86. The highest BCUT2D eigenvalue weighted by Crippen LogP contribution is 2.36. The quantitative estimate of drug-likeness (QED) is 0.685. The van der Waals surface area contributed by atoms with Crippen molar-refractivity contribution in [3.8, 4) is 0 Å². The molecule has 1 aliphatic heterocycles. The highest BCUT2D eigenvalue weighted by atomic mass is 32.2. The van der Waals surface area contributed by atoms with Crippen LogP contribution in [0.25, 0.3) is 0 Å². The van der Waals surface area contributed by atoms with Gasteiger partial charge < -0.3 is 4.90 Å². The number of rotatable bonds is 4. The standard InChI is InChI=1S/C19H18F3NOS2/c20-13-1-4-15(5-2-13)26-12-19(24)23-8-7-18(25-10-9-23)16-11-14(21)3-6-17(16)22/h1-6,11,18H,7-10,12H2. The third-order valence-corrected chi connectivity index (χ3v) is 6.48. The van der Waals surface area contributed by atoms with Gasteiger partial charge >= 0.3 is 0 Å². The van der Waals surface area contributed by atoms with Gasteiger partial charge in [-0.2, -0.15) is 11.8 Å². The van der Waals surface area contributed by atoms with Crippen LogP contribution in [0.4, 0.5) is 13.2 Å². The van der Waals surface area contributed by atoms with E-state index in [2.05, 4.69) is 0 Å². The zero-order valence-electron chi connectivity index (χ0n) is 14.0. The smallest absolute Gasteiger partial charge is 0.232 e. The Morgan fingerprint density at radius 2 is 1.81 bits per heavy atom. The summed E-state index contributed by atoms with van der Waals surface area (Å²) in [5.41, 5.74) is 0.366. The molecule has 1 fully saturated rings. The first-order chi connectivity index (χ1) is 12.5. The number of hydrogen-bond acceptors (Lipinski definition) is 3. The van der Waals surface area contributed by atoms with Gasteiger partial charge in [0.2, 0.25) is 5.91 Å². The van der Waals surface area contributed by atoms with Crippen molar-refractivity contribution in [2.45, 2.75) is 16.6 Å². The van der Waals surface area contributed by atoms with Gasteiger partial charge in [-0.15, -0.1) is 11.8 Å². The van der Waals surface area contributed by atoms with Crippen molar-refractivity contribution in [2.75, 3.05) is 24.6 Å². The highest BCUT2D eigenvalue weighted by molar-refractivity contribution is 8.00. The maximum atomic E-state index is 14.0. The Labute approximate surface area is 159 Å². The summed E-state index contributed by atoms with van der Waals surface area (Å²) in [6, 6.07) is 9.54. The zero-order valence-corrected chi connectivity index (χ0v) is 15.6. The Morgan fingerprint density at radius 3 is 2.58 bits per heavy atom. The molecule has 0 radical (unpaired) electrons. The number of amides is 1. The molecule has 1 unspecified atom stereocenters. The summed E-state index contributed by atoms with van der Waals surface area (Å²) in [7, 11) is 0. The molecule has 2 nitrogen and oxygen atoms in total. The Balaban J connectivity index is 1.56. The molecule has 0 aliphatic carbocycles. The molecule has 1 amide bonds. The van der Waals surface area contributed by atoms with Crippen LogP contribution >= 0.6 is 23.5 Å². The van der Waals surface area contributed by atoms with E-state index in [1.807, 2.05) is 0 Å². The molecule has 1 atom stereocenters. The molecule has 2 aromatic carbocycles. The lowest BCUT2D eigenvalue weighted by Crippen LogP contribution is -2.34. The summed E-state index contributed by atoms with van der Waals surface area (Å²) in [5.74, 6) is -0.213. The Kier molecular flexibility index (Phi) is 6.53. The van der Waals surface area contributed by atoms with E-state index < -0.39 is 11.6 Å². The van der Waals surface area contributed by atoms with Crippen LogP contribution in [0.1, 0.15) is 17.2 Å². The Bertz CT molecular complexity index is 770. The van der Waals surface area contributed by atoms with Crippen molar-refractivity contribution in [3.63, 3.8) is 0 Å². The van der Waals surface area contributed by atoms with E-state index in [0.29, 0.717) is 30.8 Å². The summed E-state index contributed by atoms with van der Waals surface area (Å²) < 4.78 is 40.3. The summed E-state index contributed by atoms with van der Waals surface area (Å²) in [6.07, 6.45) is 0.581. The lowest BCUT2D eigenvalue weighted by Gasteiger charge is -2.20. The average Bonchev–Trinajstić information content (AvgIpc) is 2.89. The summed E-state index contributed by atoms with van der Waals surface area (Å²) in [4.78, 5) is 15.0. The predicted octanol–water partition coefficient (Wildman–Crippen LogP) is 4.90. The lowest BCUT2D eigenvalue weighted by atomic mass is 10.1. The molecule has 0 saturated carbocycles. The average molecular weight is 397 g/mol. The molecular formula is C19H18F3NOS2. The van der Waals surface area contributed by atoms with Gasteiger partial charge in [0.1, 0.15) is 17.5 Å². The maximum Gasteiger partial charge on any atom is 0.232 e. The minimum absolute atomic E-state index is 0.000268. The number of nitrogens with zero attached hydrogens (tertiary/aromatic N) is 1. The van der Waals surface area contributed by atoms with Crippen molar-refractivity contribution in [3.05, 3.63) is 65.5 Å². The van der Waals surface area contributed by atoms with Crippen molar-refractivity contribution >= 4 is 29.4 Å². The van der Waals surface area contributed by atoms with Gasteiger partial charge in [0, 0.05) is 34.6 Å². The van der Waals surface area contributed by atoms with E-state index >= 15 is 0 Å². The van der Waals surface area contributed by atoms with Crippen molar-refractivity contribution in [1.82, 2.24) is 4.90 Å². The summed E-state index contributed by atoms with van der Waals surface area (Å²) in [5, 5.41) is -0.159. The molecule has 138 valence electrons. The van der Waals surface area contributed by atoms with E-state index in [1.165, 1.54) is 30.0 Å². The molecule has 26 heavy (non-hydrogen) atoms. The number of benzene rings is 2. The van der Waals surface area contributed by atoms with E-state index in [9.17, 15) is 18.0 Å². The predicted molar refractivity (Wildman–Crippen MR) is 99.9 cm³/mol. The molecule has 1 heterocycles. The molecule has 0 bridgehead atoms. The van der Waals surface area contributed by atoms with Crippen LogP contribution < -0.4 is 0 Å². The molecule has 2 aromatic rings. The van der Waals surface area contributed by atoms with E-state index in [0.717, 1.165) is 17.0 Å². The first-order valence-corrected chi connectivity index (χ1v) is 10.3. The van der Waals surface area contributed by atoms with Gasteiger partial charge in [0.15, 0.2) is 0 Å². The van der Waals surface area contributed by atoms with Crippen LogP contribution in [-0.2, 0) is 4.79 Å². The highest BCUT2D eigenvalue weighted by Gasteiger charge is 2.24. The first kappa shape index (κ1) is 19.2. The van der Waals surface area contributed by atoms with Crippen LogP contribution in [-0.4, -0.2) is 35.4 Å². The third-order valence-electron chi connectivity index (χ3n) is 4.18. The lowest BCUT2D eigenvalue weighted by molar-refractivity contribution is -0.128. The topological polar surface area (TPSA) is 20.3 Å². The number of hydrogen-bond donors (Lipinski definition) is 0. The number of thioether (sulfide) groups is 2. The van der Waals surface area contributed by atoms with Crippen LogP contribution in [0.15, 0.2) is 47.4 Å². The molecule has 0 N–H and O–H groups in total. The Morgan fingerprint density at radius 1 is 1.08 bits per heavy atom. The Hall–Kier alpha value is -1.60. The molecule has 1 saturated heterocycles. The molecule has 1 aliphatic rings. The molecule has 0 aromatic heterocycles. The van der Waals surface area contributed by atoms with Crippen LogP contribution in [0.3, 0.4) is 0 Å². The maximum absolute atomic E-state index is 14.0. The fraction of sp³-hybridized carbons (Fsp3) is 0.316. The van der Waals surface area contributed by atoms with E-state index in [1.54, 1.807) is 28.8 Å². The van der Waals surface area contributed by atoms with Crippen LogP contribution in [0.5, 0.6) is 0 Å². The molecule has 7 heteroatoms. The van der Waals surface area contributed by atoms with E-state index in [4.69, 9.17) is 0 Å². The van der Waals surface area contributed by atoms with E-state index in [-0.39, 0.29) is 22.7 Å². The van der Waals surface area contributed by atoms with Gasteiger partial charge in [-0.25, -0.2) is 13.2 Å². The number of carbonyl (C=O) groups is 1. The zero-order chi connectivity index (χ0) is 18.5. The fourth-order valence-corrected chi connectivity index (χ4v) is 4.84. The second-order valence-electron chi connectivity index (χ2n) is 5.94. The SMILES string of the molecule is O=C(CSc1ccc(F)cc1)N1CCSC(c2cc(F)ccc2F)CC1. The summed E-state index contributed by atoms with van der Waals surface area (Å²) in [6.45, 7) is 1.09. The van der Waals surface area contributed by atoms with Gasteiger partial charge in [0.05, 0.1) is 5.75 Å². The fourth-order valence-electron chi connectivity index (χ4n) is 2.80. The number of halogens is 3. The summed E-state index contributed by atoms with van der Waals surface area (Å²) >= 11 is 2.91. The minimum atomic E-state index is -0.449. The monoisotopic (exact) mass is 397 g/mol. The largest absolute Gasteiger partial charge is 0.341 e. The molecular weight excluding hydrogens is 379 g/mol. The third kappa shape index (κ3) is 4.98. The van der Waals surface area contributed by atoms with Crippen LogP contribution in [0.2, 0.25) is 0 Å². The number of carbonyl (C=O) groups excluding carboxylic acids is 1. The second-order valence-corrected chi connectivity index (χ2v) is 8.30. The molecule has 0 spiro atoms. The van der Waals surface area contributed by atoms with Gasteiger partial charge in [-0.3, -0.25) is 4.79 Å². The molecule has 3 rings (SSSR count). The van der Waals surface area contributed by atoms with Gasteiger partial charge in [-0.1, -0.05) is 0 Å². The van der Waals surface area contributed by atoms with Crippen molar-refractivity contribution in [2.24, 2.45) is 0 Å². The van der Waals surface area contributed by atoms with Crippen molar-refractivity contribution < 1.29 is 18.0 Å².